The predicted octanol–water partition coefficient (Wildman–Crippen LogP) is 4.53. The van der Waals surface area contributed by atoms with Crippen LogP contribution in [-0.2, 0) is 14.8 Å². The lowest BCUT2D eigenvalue weighted by Crippen LogP contribution is -2.44. The highest BCUT2D eigenvalue weighted by Crippen LogP contribution is 2.31. The average molecular weight is 599 g/mol. The Labute approximate surface area is 238 Å². The van der Waals surface area contributed by atoms with Gasteiger partial charge in [-0.25, -0.2) is 13.2 Å². The third-order valence-electron chi connectivity index (χ3n) is 7.12. The van der Waals surface area contributed by atoms with Gasteiger partial charge in [0.1, 0.15) is 0 Å². The molecule has 2 saturated heterocycles. The number of likely N-dealkylation sites (tertiary alicyclic amines) is 1. The number of hydrogen-bond donors (Lipinski definition) is 3. The van der Waals surface area contributed by atoms with E-state index >= 15 is 0 Å². The Balaban J connectivity index is 0.000000587. The fourth-order valence-corrected chi connectivity index (χ4v) is 5.63. The molecular formula is C28H37F3N4O5S. The molecule has 0 bridgehead atoms. The van der Waals surface area contributed by atoms with Gasteiger partial charge in [0.2, 0.25) is 0 Å². The highest BCUT2D eigenvalue weighted by molar-refractivity contribution is 7.92. The number of hydrogen-bond acceptors (Lipinski definition) is 6. The molecule has 0 atom stereocenters. The zero-order chi connectivity index (χ0) is 30.4. The van der Waals surface area contributed by atoms with Crippen LogP contribution < -0.4 is 14.9 Å². The number of alkyl halides is 3. The topological polar surface area (TPSA) is 119 Å². The van der Waals surface area contributed by atoms with Crippen LogP contribution in [-0.4, -0.2) is 75.7 Å². The zero-order valence-corrected chi connectivity index (χ0v) is 24.2. The van der Waals surface area contributed by atoms with Crippen LogP contribution in [0.2, 0.25) is 0 Å². The Morgan fingerprint density at radius 3 is 2.07 bits per heavy atom. The van der Waals surface area contributed by atoms with Crippen molar-refractivity contribution in [3.05, 3.63) is 53.6 Å². The van der Waals surface area contributed by atoms with Gasteiger partial charge >= 0.3 is 12.1 Å². The number of aliphatic carboxylic acids is 1. The molecule has 0 unspecified atom stereocenters. The van der Waals surface area contributed by atoms with Crippen molar-refractivity contribution in [3.63, 3.8) is 0 Å². The number of carbonyl (C=O) groups is 2. The lowest BCUT2D eigenvalue weighted by molar-refractivity contribution is -0.192. The minimum atomic E-state index is -5.08. The fourth-order valence-electron chi connectivity index (χ4n) is 4.56. The molecule has 226 valence electrons. The first-order chi connectivity index (χ1) is 19.2. The number of rotatable bonds is 6. The SMILES string of the molecule is CC1CCN(C(=O)c2ccc(N3CCNCC3)c(NS(=O)(=O)c3ccc(C(C)C)cc3)c2)CC1.O=C(O)C(F)(F)F. The minimum Gasteiger partial charge on any atom is -0.475 e. The quantitative estimate of drug-likeness (QED) is 0.447. The summed E-state index contributed by atoms with van der Waals surface area (Å²) in [6.07, 6.45) is -3.09. The second-order valence-electron chi connectivity index (χ2n) is 10.6. The van der Waals surface area contributed by atoms with Crippen molar-refractivity contribution in [2.75, 3.05) is 48.9 Å². The maximum Gasteiger partial charge on any atom is 0.490 e. The molecule has 0 radical (unpaired) electrons. The molecule has 13 heteroatoms. The number of nitrogens with zero attached hydrogens (tertiary/aromatic N) is 2. The molecule has 0 aliphatic carbocycles. The van der Waals surface area contributed by atoms with E-state index in [1.54, 1.807) is 18.2 Å². The number of anilines is 2. The molecule has 2 heterocycles. The summed E-state index contributed by atoms with van der Waals surface area (Å²) in [7, 11) is -3.81. The molecule has 2 fully saturated rings. The number of piperazine rings is 1. The second-order valence-corrected chi connectivity index (χ2v) is 12.3. The molecule has 2 aromatic carbocycles. The summed E-state index contributed by atoms with van der Waals surface area (Å²) in [4.78, 5) is 26.4. The van der Waals surface area contributed by atoms with Crippen molar-refractivity contribution in [2.24, 2.45) is 5.92 Å². The molecular weight excluding hydrogens is 561 g/mol. The number of carboxylic acid groups (broad SMARTS) is 1. The Hall–Kier alpha value is -3.32. The normalized spacial score (nSPS) is 16.7. The van der Waals surface area contributed by atoms with Crippen LogP contribution in [0.5, 0.6) is 0 Å². The van der Waals surface area contributed by atoms with E-state index in [1.165, 1.54) is 0 Å². The number of carbonyl (C=O) groups excluding carboxylic acids is 1. The molecule has 2 aliphatic heterocycles. The molecule has 1 amide bonds. The first-order valence-electron chi connectivity index (χ1n) is 13.5. The van der Waals surface area contributed by atoms with Crippen molar-refractivity contribution < 1.29 is 36.3 Å². The largest absolute Gasteiger partial charge is 0.490 e. The van der Waals surface area contributed by atoms with Gasteiger partial charge in [-0.1, -0.05) is 32.9 Å². The Morgan fingerprint density at radius 1 is 1.00 bits per heavy atom. The maximum absolute atomic E-state index is 13.3. The van der Waals surface area contributed by atoms with Gasteiger partial charge in [-0.2, -0.15) is 13.2 Å². The van der Waals surface area contributed by atoms with Crippen LogP contribution in [0, 0.1) is 5.92 Å². The van der Waals surface area contributed by atoms with Crippen molar-refractivity contribution >= 4 is 33.3 Å². The predicted molar refractivity (Wildman–Crippen MR) is 151 cm³/mol. The summed E-state index contributed by atoms with van der Waals surface area (Å²) < 4.78 is 61.1. The van der Waals surface area contributed by atoms with Crippen molar-refractivity contribution in [3.8, 4) is 0 Å². The van der Waals surface area contributed by atoms with E-state index in [4.69, 9.17) is 9.90 Å². The van der Waals surface area contributed by atoms with E-state index in [-0.39, 0.29) is 10.8 Å². The van der Waals surface area contributed by atoms with Crippen molar-refractivity contribution in [1.82, 2.24) is 10.2 Å². The number of piperidine rings is 1. The minimum absolute atomic E-state index is 0.0412. The third-order valence-corrected chi connectivity index (χ3v) is 8.50. The van der Waals surface area contributed by atoms with Gasteiger partial charge in [0, 0.05) is 44.8 Å². The van der Waals surface area contributed by atoms with Crippen molar-refractivity contribution in [1.29, 1.82) is 0 Å². The number of nitrogens with one attached hydrogen (secondary N) is 2. The van der Waals surface area contributed by atoms with Crippen LogP contribution in [0.4, 0.5) is 24.5 Å². The van der Waals surface area contributed by atoms with E-state index in [0.717, 1.165) is 63.4 Å². The van der Waals surface area contributed by atoms with Crippen LogP contribution in [0.15, 0.2) is 47.4 Å². The molecule has 0 spiro atoms. The number of halogens is 3. The number of amides is 1. The first kappa shape index (κ1) is 32.2. The molecule has 4 rings (SSSR count). The van der Waals surface area contributed by atoms with Gasteiger partial charge in [-0.15, -0.1) is 0 Å². The van der Waals surface area contributed by atoms with Gasteiger partial charge in [-0.3, -0.25) is 9.52 Å². The van der Waals surface area contributed by atoms with Gasteiger partial charge in [0.25, 0.3) is 15.9 Å². The standard InChI is InChI=1S/C26H36N4O3S.C2HF3O2/c1-19(2)21-4-7-23(8-5-21)34(32,33)28-24-18-22(26(31)30-14-10-20(3)11-15-30)6-9-25(24)29-16-12-27-13-17-29;3-2(4,5)1(6)7/h4-9,18-20,27-28H,10-17H2,1-3H3;(H,6,7). The monoisotopic (exact) mass is 598 g/mol. The Morgan fingerprint density at radius 2 is 1.56 bits per heavy atom. The maximum atomic E-state index is 13.3. The molecule has 3 N–H and O–H groups in total. The van der Waals surface area contributed by atoms with E-state index in [2.05, 4.69) is 35.7 Å². The first-order valence-corrected chi connectivity index (χ1v) is 15.0. The number of carboxylic acids is 1. The summed E-state index contributed by atoms with van der Waals surface area (Å²) >= 11 is 0. The molecule has 2 aromatic rings. The molecule has 0 aromatic heterocycles. The highest BCUT2D eigenvalue weighted by Gasteiger charge is 2.38. The summed E-state index contributed by atoms with van der Waals surface area (Å²) in [6, 6.07) is 12.4. The van der Waals surface area contributed by atoms with Gasteiger partial charge in [0.05, 0.1) is 16.3 Å². The van der Waals surface area contributed by atoms with Crippen molar-refractivity contribution in [2.45, 2.75) is 50.6 Å². The molecule has 0 saturated carbocycles. The third kappa shape index (κ3) is 8.83. The smallest absolute Gasteiger partial charge is 0.475 e. The van der Waals surface area contributed by atoms with Gasteiger partial charge < -0.3 is 20.2 Å². The van der Waals surface area contributed by atoms with Crippen LogP contribution >= 0.6 is 0 Å². The van der Waals surface area contributed by atoms with Crippen LogP contribution in [0.25, 0.3) is 0 Å². The molecule has 9 nitrogen and oxygen atoms in total. The lowest BCUT2D eigenvalue weighted by atomic mass is 9.98. The van der Waals surface area contributed by atoms with E-state index in [1.807, 2.05) is 29.2 Å². The summed E-state index contributed by atoms with van der Waals surface area (Å²) in [5.74, 6) is -1.85. The highest BCUT2D eigenvalue weighted by atomic mass is 32.2. The Bertz CT molecular complexity index is 1300. The Kier molecular flexibility index (Phi) is 10.6. The van der Waals surface area contributed by atoms with Crippen LogP contribution in [0.1, 0.15) is 55.5 Å². The second kappa shape index (κ2) is 13.6. The van der Waals surface area contributed by atoms with E-state index < -0.39 is 22.2 Å². The fraction of sp³-hybridized carbons (Fsp3) is 0.500. The molecule has 41 heavy (non-hydrogen) atoms. The van der Waals surface area contributed by atoms with Crippen LogP contribution in [0.3, 0.4) is 0 Å². The lowest BCUT2D eigenvalue weighted by Gasteiger charge is -2.32. The average Bonchev–Trinajstić information content (AvgIpc) is 2.93. The summed E-state index contributed by atoms with van der Waals surface area (Å²) in [5.41, 5.74) is 2.85. The number of benzene rings is 2. The molecule has 2 aliphatic rings. The van der Waals surface area contributed by atoms with Gasteiger partial charge in [-0.05, 0) is 60.6 Å². The number of sulfonamides is 1. The summed E-state index contributed by atoms with van der Waals surface area (Å²) in [6.45, 7) is 11.0. The van der Waals surface area contributed by atoms with Gasteiger partial charge in [0.15, 0.2) is 0 Å². The van der Waals surface area contributed by atoms with E-state index in [0.29, 0.717) is 23.1 Å². The zero-order valence-electron chi connectivity index (χ0n) is 23.4. The van der Waals surface area contributed by atoms with E-state index in [9.17, 15) is 26.4 Å². The summed E-state index contributed by atoms with van der Waals surface area (Å²) in [5, 5.41) is 10.5.